The second-order valence-corrected chi connectivity index (χ2v) is 2.71. The Hall–Kier alpha value is -0.700. The van der Waals surface area contributed by atoms with E-state index in [9.17, 15) is 9.59 Å². The van der Waals surface area contributed by atoms with Crippen molar-refractivity contribution in [1.29, 1.82) is 0 Å². The minimum atomic E-state index is -0.0949. The third-order valence-corrected chi connectivity index (χ3v) is 1.26. The number of quaternary nitrogens is 1. The van der Waals surface area contributed by atoms with Gasteiger partial charge >= 0.3 is 0 Å². The van der Waals surface area contributed by atoms with Gasteiger partial charge in [-0.2, -0.15) is 0 Å². The molecule has 0 bridgehead atoms. The van der Waals surface area contributed by atoms with Gasteiger partial charge < -0.3 is 14.5 Å². The number of hydrogen-bond donors (Lipinski definition) is 1. The molecule has 1 atom stereocenters. The number of hydrogen-bond acceptors (Lipinski definition) is 2. The Morgan fingerprint density at radius 1 is 1.40 bits per heavy atom. The normalized spacial score (nSPS) is 13.1. The zero-order valence-corrected chi connectivity index (χ0v) is 6.46. The molecule has 0 heterocycles. The minimum Gasteiger partial charge on any atom is -0.339 e. The second-order valence-electron chi connectivity index (χ2n) is 2.71. The molecule has 1 unspecified atom stereocenters. The SMILES string of the molecule is C[NH+](C)CC(C=O)CC=O. The molecular formula is C7H14NO2+. The monoisotopic (exact) mass is 144 g/mol. The van der Waals surface area contributed by atoms with E-state index >= 15 is 0 Å². The fourth-order valence-corrected chi connectivity index (χ4v) is 0.835. The fraction of sp³-hybridized carbons (Fsp3) is 0.714. The van der Waals surface area contributed by atoms with Crippen LogP contribution in [0.3, 0.4) is 0 Å². The molecule has 0 aliphatic carbocycles. The van der Waals surface area contributed by atoms with Gasteiger partial charge in [-0.15, -0.1) is 0 Å². The Morgan fingerprint density at radius 3 is 2.30 bits per heavy atom. The summed E-state index contributed by atoms with van der Waals surface area (Å²) in [6.07, 6.45) is 2.00. The van der Waals surface area contributed by atoms with E-state index in [1.807, 2.05) is 14.1 Å². The topological polar surface area (TPSA) is 38.6 Å². The van der Waals surface area contributed by atoms with Crippen LogP contribution < -0.4 is 4.90 Å². The van der Waals surface area contributed by atoms with E-state index in [-0.39, 0.29) is 5.92 Å². The number of aldehydes is 2. The maximum Gasteiger partial charge on any atom is 0.129 e. The molecule has 0 fully saturated rings. The summed E-state index contributed by atoms with van der Waals surface area (Å²) in [4.78, 5) is 21.4. The predicted molar refractivity (Wildman–Crippen MR) is 37.9 cm³/mol. The molecule has 0 spiro atoms. The quantitative estimate of drug-likeness (QED) is 0.479. The molecule has 0 aromatic heterocycles. The van der Waals surface area contributed by atoms with Crippen LogP contribution in [-0.4, -0.2) is 33.2 Å². The van der Waals surface area contributed by atoms with E-state index in [1.54, 1.807) is 0 Å². The Kier molecular flexibility index (Phi) is 4.76. The Balaban J connectivity index is 3.59. The average Bonchev–Trinajstić information content (AvgIpc) is 1.86. The average molecular weight is 144 g/mol. The van der Waals surface area contributed by atoms with Gasteiger partial charge in [-0.25, -0.2) is 0 Å². The van der Waals surface area contributed by atoms with Crippen LogP contribution in [0.5, 0.6) is 0 Å². The largest absolute Gasteiger partial charge is 0.339 e. The van der Waals surface area contributed by atoms with Crippen molar-refractivity contribution in [2.45, 2.75) is 6.42 Å². The summed E-state index contributed by atoms with van der Waals surface area (Å²) in [5.41, 5.74) is 0. The van der Waals surface area contributed by atoms with Gasteiger partial charge in [0.05, 0.1) is 26.6 Å². The molecule has 3 nitrogen and oxygen atoms in total. The van der Waals surface area contributed by atoms with E-state index < -0.39 is 0 Å². The molecule has 0 rings (SSSR count). The molecule has 0 radical (unpaired) electrons. The van der Waals surface area contributed by atoms with Crippen LogP contribution in [0.4, 0.5) is 0 Å². The molecule has 0 aromatic carbocycles. The van der Waals surface area contributed by atoms with Crippen molar-refractivity contribution in [3.63, 3.8) is 0 Å². The first-order valence-corrected chi connectivity index (χ1v) is 3.38. The lowest BCUT2D eigenvalue weighted by atomic mass is 10.1. The van der Waals surface area contributed by atoms with Crippen LogP contribution >= 0.6 is 0 Å². The summed E-state index contributed by atoms with van der Waals surface area (Å²) >= 11 is 0. The van der Waals surface area contributed by atoms with Crippen LogP contribution in [0.2, 0.25) is 0 Å². The predicted octanol–water partition coefficient (Wildman–Crippen LogP) is -1.46. The van der Waals surface area contributed by atoms with E-state index in [2.05, 4.69) is 0 Å². The molecule has 0 aliphatic heterocycles. The molecule has 0 saturated carbocycles. The van der Waals surface area contributed by atoms with Crippen LogP contribution in [0, 0.1) is 5.92 Å². The number of carbonyl (C=O) groups excluding carboxylic acids is 2. The van der Waals surface area contributed by atoms with Gasteiger partial charge in [0.1, 0.15) is 12.6 Å². The third kappa shape index (κ3) is 4.21. The van der Waals surface area contributed by atoms with E-state index in [1.165, 1.54) is 4.90 Å². The van der Waals surface area contributed by atoms with Crippen LogP contribution in [0.15, 0.2) is 0 Å². The van der Waals surface area contributed by atoms with Crippen molar-refractivity contribution in [1.82, 2.24) is 0 Å². The van der Waals surface area contributed by atoms with Crippen molar-refractivity contribution in [2.75, 3.05) is 20.6 Å². The number of nitrogens with one attached hydrogen (secondary N) is 1. The second kappa shape index (κ2) is 5.11. The van der Waals surface area contributed by atoms with Crippen LogP contribution in [-0.2, 0) is 9.59 Å². The van der Waals surface area contributed by atoms with E-state index in [0.29, 0.717) is 6.42 Å². The van der Waals surface area contributed by atoms with Crippen LogP contribution in [0.25, 0.3) is 0 Å². The lowest BCUT2D eigenvalue weighted by molar-refractivity contribution is -0.860. The van der Waals surface area contributed by atoms with Gasteiger partial charge in [-0.3, -0.25) is 0 Å². The lowest BCUT2D eigenvalue weighted by Crippen LogP contribution is -3.06. The molecule has 58 valence electrons. The Morgan fingerprint density at radius 2 is 2.00 bits per heavy atom. The fourth-order valence-electron chi connectivity index (χ4n) is 0.835. The van der Waals surface area contributed by atoms with E-state index in [0.717, 1.165) is 19.1 Å². The molecular weight excluding hydrogens is 130 g/mol. The van der Waals surface area contributed by atoms with Crippen molar-refractivity contribution in [2.24, 2.45) is 5.92 Å². The van der Waals surface area contributed by atoms with Gasteiger partial charge in [0, 0.05) is 6.42 Å². The zero-order chi connectivity index (χ0) is 7.98. The van der Waals surface area contributed by atoms with Crippen molar-refractivity contribution in [3.8, 4) is 0 Å². The Bertz CT molecular complexity index is 112. The lowest BCUT2D eigenvalue weighted by Gasteiger charge is -2.09. The zero-order valence-electron chi connectivity index (χ0n) is 6.46. The highest BCUT2D eigenvalue weighted by Gasteiger charge is 2.09. The number of carbonyl (C=O) groups is 2. The van der Waals surface area contributed by atoms with Gasteiger partial charge in [-0.05, 0) is 0 Å². The molecule has 0 saturated heterocycles. The highest BCUT2D eigenvalue weighted by molar-refractivity contribution is 5.61. The van der Waals surface area contributed by atoms with Gasteiger partial charge in [0.2, 0.25) is 0 Å². The van der Waals surface area contributed by atoms with Gasteiger partial charge in [-0.1, -0.05) is 0 Å². The van der Waals surface area contributed by atoms with Crippen molar-refractivity contribution in [3.05, 3.63) is 0 Å². The van der Waals surface area contributed by atoms with Gasteiger partial charge in [0.25, 0.3) is 0 Å². The summed E-state index contributed by atoms with van der Waals surface area (Å²) in [6, 6.07) is 0. The first kappa shape index (κ1) is 9.30. The summed E-state index contributed by atoms with van der Waals surface area (Å²) in [6.45, 7) is 0.738. The highest BCUT2D eigenvalue weighted by Crippen LogP contribution is 1.90. The molecule has 0 amide bonds. The summed E-state index contributed by atoms with van der Waals surface area (Å²) in [5.74, 6) is -0.0949. The first-order chi connectivity index (χ1) is 4.70. The standard InChI is InChI=1S/C7H13NO2/c1-8(2)5-7(6-10)3-4-9/h4,6-7H,3,5H2,1-2H3/p+1. The van der Waals surface area contributed by atoms with Gasteiger partial charge in [0.15, 0.2) is 0 Å². The Labute approximate surface area is 61.0 Å². The molecule has 0 aromatic rings. The van der Waals surface area contributed by atoms with Crippen molar-refractivity contribution >= 4 is 12.6 Å². The summed E-state index contributed by atoms with van der Waals surface area (Å²) in [7, 11) is 3.92. The third-order valence-electron chi connectivity index (χ3n) is 1.26. The van der Waals surface area contributed by atoms with E-state index in [4.69, 9.17) is 0 Å². The molecule has 3 heteroatoms. The maximum atomic E-state index is 10.3. The summed E-state index contributed by atoms with van der Waals surface area (Å²) in [5, 5.41) is 0. The minimum absolute atomic E-state index is 0.0949. The van der Waals surface area contributed by atoms with Crippen molar-refractivity contribution < 1.29 is 14.5 Å². The first-order valence-electron chi connectivity index (χ1n) is 3.38. The van der Waals surface area contributed by atoms with Crippen LogP contribution in [0.1, 0.15) is 6.42 Å². The molecule has 0 aliphatic rings. The smallest absolute Gasteiger partial charge is 0.129 e. The highest BCUT2D eigenvalue weighted by atomic mass is 16.1. The maximum absolute atomic E-state index is 10.3. The number of rotatable bonds is 5. The molecule has 10 heavy (non-hydrogen) atoms. The molecule has 1 N–H and O–H groups in total. The summed E-state index contributed by atoms with van der Waals surface area (Å²) < 4.78 is 0.